The lowest BCUT2D eigenvalue weighted by Crippen LogP contribution is -2.47. The largest absolute Gasteiger partial charge is 0.395 e. The van der Waals surface area contributed by atoms with Gasteiger partial charge in [0.25, 0.3) is 0 Å². The number of nitro groups is 1. The Labute approximate surface area is 171 Å². The molecule has 4 rings (SSSR count). The van der Waals surface area contributed by atoms with Gasteiger partial charge < -0.3 is 14.9 Å². The summed E-state index contributed by atoms with van der Waals surface area (Å²) in [5, 5.41) is 21.3. The average Bonchev–Trinajstić information content (AvgIpc) is 2.90. The third-order valence-electron chi connectivity index (χ3n) is 6.74. The number of piperazine rings is 1. The Morgan fingerprint density at radius 2 is 1.86 bits per heavy atom. The highest BCUT2D eigenvalue weighted by atomic mass is 16.6. The predicted molar refractivity (Wildman–Crippen MR) is 111 cm³/mol. The van der Waals surface area contributed by atoms with E-state index in [1.54, 1.807) is 0 Å². The Bertz CT molecular complexity index is 779. The molecule has 3 heterocycles. The van der Waals surface area contributed by atoms with Crippen LogP contribution in [-0.4, -0.2) is 76.8 Å². The number of aliphatic hydroxyl groups is 1. The molecule has 1 aliphatic carbocycles. The summed E-state index contributed by atoms with van der Waals surface area (Å²) in [5.74, 6) is 0.902. The molecule has 1 N–H and O–H groups in total. The second-order valence-electron chi connectivity index (χ2n) is 10.0. The van der Waals surface area contributed by atoms with Crippen LogP contribution in [0.15, 0.2) is 6.33 Å². The Balaban J connectivity index is 1.64. The summed E-state index contributed by atoms with van der Waals surface area (Å²) < 4.78 is 0. The van der Waals surface area contributed by atoms with E-state index in [4.69, 9.17) is 5.11 Å². The number of aromatic nitrogens is 2. The lowest BCUT2D eigenvalue weighted by atomic mass is 9.65. The van der Waals surface area contributed by atoms with Gasteiger partial charge in [-0.2, -0.15) is 0 Å². The third kappa shape index (κ3) is 3.90. The lowest BCUT2D eigenvalue weighted by molar-refractivity contribution is -0.383. The maximum Gasteiger partial charge on any atom is 0.353 e. The fourth-order valence-corrected chi connectivity index (χ4v) is 6.00. The van der Waals surface area contributed by atoms with Crippen molar-refractivity contribution in [2.75, 3.05) is 55.7 Å². The highest BCUT2D eigenvalue weighted by molar-refractivity contribution is 5.72. The van der Waals surface area contributed by atoms with E-state index in [1.807, 2.05) is 4.90 Å². The van der Waals surface area contributed by atoms with Crippen molar-refractivity contribution in [2.24, 2.45) is 10.8 Å². The van der Waals surface area contributed by atoms with Gasteiger partial charge >= 0.3 is 5.69 Å². The van der Waals surface area contributed by atoms with Gasteiger partial charge in [-0.25, -0.2) is 9.97 Å². The number of fused-ring (bicyclic) bond motifs is 2. The van der Waals surface area contributed by atoms with Crippen LogP contribution in [-0.2, 0) is 0 Å². The first-order valence-corrected chi connectivity index (χ1v) is 10.6. The maximum atomic E-state index is 12.1. The van der Waals surface area contributed by atoms with Gasteiger partial charge in [0, 0.05) is 45.3 Å². The number of rotatable bonds is 5. The molecule has 1 saturated carbocycles. The molecule has 2 unspecified atom stereocenters. The zero-order chi connectivity index (χ0) is 20.8. The van der Waals surface area contributed by atoms with Gasteiger partial charge in [-0.3, -0.25) is 15.0 Å². The number of hydrogen-bond acceptors (Lipinski definition) is 8. The molecule has 0 radical (unpaired) electrons. The van der Waals surface area contributed by atoms with E-state index in [0.717, 1.165) is 38.9 Å². The standard InChI is InChI=1S/C20H32N6O3/c1-19(2)10-15-11-20(3,12-19)13-25(15)18-16(26(28)29)17(21-14-22-18)24-6-4-23(5-7-24)8-9-27/h14-15,27H,4-13H2,1-3H3. The summed E-state index contributed by atoms with van der Waals surface area (Å²) >= 11 is 0. The molecule has 2 bridgehead atoms. The van der Waals surface area contributed by atoms with Crippen LogP contribution in [0.3, 0.4) is 0 Å². The molecule has 2 saturated heterocycles. The normalized spacial score (nSPS) is 29.3. The second-order valence-corrected chi connectivity index (χ2v) is 10.0. The van der Waals surface area contributed by atoms with Crippen molar-refractivity contribution in [1.29, 1.82) is 0 Å². The second kappa shape index (κ2) is 7.36. The Morgan fingerprint density at radius 3 is 2.52 bits per heavy atom. The smallest absolute Gasteiger partial charge is 0.353 e. The maximum absolute atomic E-state index is 12.1. The van der Waals surface area contributed by atoms with Crippen molar-refractivity contribution in [3.63, 3.8) is 0 Å². The van der Waals surface area contributed by atoms with E-state index in [2.05, 4.69) is 40.5 Å². The number of nitrogens with zero attached hydrogens (tertiary/aromatic N) is 6. The fraction of sp³-hybridized carbons (Fsp3) is 0.800. The summed E-state index contributed by atoms with van der Waals surface area (Å²) in [4.78, 5) is 26.9. The molecule has 0 spiro atoms. The van der Waals surface area contributed by atoms with Gasteiger partial charge in [0.1, 0.15) is 6.33 Å². The molecule has 3 aliphatic rings. The van der Waals surface area contributed by atoms with Crippen molar-refractivity contribution < 1.29 is 10.0 Å². The SMILES string of the molecule is CC1(C)CC2CC(C)(CN2c2ncnc(N3CCN(CCO)CC3)c2[N+](=O)[O-])C1. The van der Waals surface area contributed by atoms with E-state index in [-0.39, 0.29) is 34.1 Å². The van der Waals surface area contributed by atoms with E-state index < -0.39 is 0 Å². The van der Waals surface area contributed by atoms with Gasteiger partial charge in [0.05, 0.1) is 11.5 Å². The minimum atomic E-state index is -0.305. The molecular weight excluding hydrogens is 372 g/mol. The molecule has 3 fully saturated rings. The van der Waals surface area contributed by atoms with Crippen LogP contribution in [0.5, 0.6) is 0 Å². The van der Waals surface area contributed by atoms with Crippen molar-refractivity contribution >= 4 is 17.3 Å². The summed E-state index contributed by atoms with van der Waals surface area (Å²) in [6.45, 7) is 11.3. The molecule has 2 aliphatic heterocycles. The number of anilines is 2. The Kier molecular flexibility index (Phi) is 5.14. The van der Waals surface area contributed by atoms with Gasteiger partial charge in [0.15, 0.2) is 0 Å². The number of aliphatic hydroxyl groups excluding tert-OH is 1. The molecule has 9 nitrogen and oxygen atoms in total. The number of hydrogen-bond donors (Lipinski definition) is 1. The number of β-amino-alcohol motifs (C(OH)–C–C–N with tert-alkyl or cyclic N) is 1. The van der Waals surface area contributed by atoms with E-state index in [9.17, 15) is 10.1 Å². The quantitative estimate of drug-likeness (QED) is 0.587. The first-order chi connectivity index (χ1) is 13.7. The van der Waals surface area contributed by atoms with Gasteiger partial charge in [-0.15, -0.1) is 0 Å². The third-order valence-corrected chi connectivity index (χ3v) is 6.74. The molecule has 9 heteroatoms. The minimum Gasteiger partial charge on any atom is -0.395 e. The monoisotopic (exact) mass is 404 g/mol. The highest BCUT2D eigenvalue weighted by Crippen LogP contribution is 2.54. The minimum absolute atomic E-state index is 0.0389. The van der Waals surface area contributed by atoms with Gasteiger partial charge in [0.2, 0.25) is 11.6 Å². The van der Waals surface area contributed by atoms with Crippen LogP contribution < -0.4 is 9.80 Å². The van der Waals surface area contributed by atoms with Crippen molar-refractivity contribution in [3.05, 3.63) is 16.4 Å². The van der Waals surface area contributed by atoms with Gasteiger partial charge in [-0.05, 0) is 30.1 Å². The topological polar surface area (TPSA) is 98.9 Å². The van der Waals surface area contributed by atoms with Crippen LogP contribution >= 0.6 is 0 Å². The zero-order valence-electron chi connectivity index (χ0n) is 17.7. The highest BCUT2D eigenvalue weighted by Gasteiger charge is 2.51. The van der Waals surface area contributed by atoms with Crippen LogP contribution in [0, 0.1) is 20.9 Å². The molecule has 0 aromatic carbocycles. The van der Waals surface area contributed by atoms with Crippen molar-refractivity contribution in [3.8, 4) is 0 Å². The van der Waals surface area contributed by atoms with E-state index >= 15 is 0 Å². The van der Waals surface area contributed by atoms with E-state index in [1.165, 1.54) is 6.33 Å². The van der Waals surface area contributed by atoms with Crippen LogP contribution in [0.2, 0.25) is 0 Å². The van der Waals surface area contributed by atoms with Gasteiger partial charge in [-0.1, -0.05) is 20.8 Å². The van der Waals surface area contributed by atoms with E-state index in [0.29, 0.717) is 31.3 Å². The van der Waals surface area contributed by atoms with Crippen LogP contribution in [0.4, 0.5) is 17.3 Å². The molecule has 160 valence electrons. The average molecular weight is 405 g/mol. The summed E-state index contributed by atoms with van der Waals surface area (Å²) in [6, 6.07) is 0.284. The predicted octanol–water partition coefficient (Wildman–Crippen LogP) is 1.90. The van der Waals surface area contributed by atoms with Crippen LogP contribution in [0.1, 0.15) is 40.0 Å². The van der Waals surface area contributed by atoms with Crippen LogP contribution in [0.25, 0.3) is 0 Å². The Morgan fingerprint density at radius 1 is 1.17 bits per heavy atom. The molecule has 1 aromatic heterocycles. The summed E-state index contributed by atoms with van der Waals surface area (Å²) in [5.41, 5.74) is 0.443. The zero-order valence-corrected chi connectivity index (χ0v) is 17.7. The fourth-order valence-electron chi connectivity index (χ4n) is 6.00. The molecular formula is C20H32N6O3. The lowest BCUT2D eigenvalue weighted by Gasteiger charge is -2.39. The Hall–Kier alpha value is -2.00. The summed E-state index contributed by atoms with van der Waals surface area (Å²) in [7, 11) is 0. The molecule has 29 heavy (non-hydrogen) atoms. The first kappa shape index (κ1) is 20.3. The van der Waals surface area contributed by atoms with Crippen molar-refractivity contribution in [2.45, 2.75) is 46.1 Å². The molecule has 2 atom stereocenters. The van der Waals surface area contributed by atoms with Crippen molar-refractivity contribution in [1.82, 2.24) is 14.9 Å². The summed E-state index contributed by atoms with van der Waals surface area (Å²) in [6.07, 6.45) is 4.70. The molecule has 1 aromatic rings. The molecule has 0 amide bonds. The first-order valence-electron chi connectivity index (χ1n) is 10.6.